The second-order valence-corrected chi connectivity index (χ2v) is 3.71. The van der Waals surface area contributed by atoms with Crippen molar-refractivity contribution in [2.75, 3.05) is 11.1 Å². The zero-order valence-corrected chi connectivity index (χ0v) is 9.42. The fraction of sp³-hybridized carbons (Fsp3) is 0.182. The van der Waals surface area contributed by atoms with E-state index in [9.17, 15) is 4.79 Å². The molecule has 0 aliphatic heterocycles. The summed E-state index contributed by atoms with van der Waals surface area (Å²) in [5.41, 5.74) is 7.29. The maximum absolute atomic E-state index is 11.6. The molecule has 0 aliphatic carbocycles. The fourth-order valence-corrected chi connectivity index (χ4v) is 1.35. The molecule has 3 N–H and O–H groups in total. The number of anilines is 2. The van der Waals surface area contributed by atoms with E-state index in [0.29, 0.717) is 5.82 Å². The van der Waals surface area contributed by atoms with Crippen LogP contribution < -0.4 is 11.1 Å². The molecule has 6 nitrogen and oxygen atoms in total. The maximum atomic E-state index is 11.6. The molecule has 0 radical (unpaired) electrons. The van der Waals surface area contributed by atoms with Crippen molar-refractivity contribution in [1.82, 2.24) is 15.0 Å². The fourth-order valence-electron chi connectivity index (χ4n) is 1.35. The van der Waals surface area contributed by atoms with Crippen molar-refractivity contribution >= 4 is 17.4 Å². The van der Waals surface area contributed by atoms with Crippen molar-refractivity contribution in [2.24, 2.45) is 0 Å². The standard InChI is InChI=1S/C11H13N5O/c1-8-2-4-9(5-3-8)14-11(17)7-16-13-6-10(12)15-16/h2-6H,7H2,1H3,(H2,12,15)(H,14,17). The number of nitrogens with one attached hydrogen (secondary N) is 1. The lowest BCUT2D eigenvalue weighted by Crippen LogP contribution is -2.20. The summed E-state index contributed by atoms with van der Waals surface area (Å²) >= 11 is 0. The minimum atomic E-state index is -0.190. The van der Waals surface area contributed by atoms with E-state index in [-0.39, 0.29) is 12.5 Å². The highest BCUT2D eigenvalue weighted by Crippen LogP contribution is 2.08. The van der Waals surface area contributed by atoms with Crippen LogP contribution in [0.25, 0.3) is 0 Å². The number of nitrogens with two attached hydrogens (primary N) is 1. The van der Waals surface area contributed by atoms with Crippen LogP contribution >= 0.6 is 0 Å². The van der Waals surface area contributed by atoms with E-state index in [1.165, 1.54) is 11.0 Å². The largest absolute Gasteiger partial charge is 0.381 e. The molecule has 0 unspecified atom stereocenters. The third kappa shape index (κ3) is 3.04. The molecule has 88 valence electrons. The first-order valence-corrected chi connectivity index (χ1v) is 5.15. The molecule has 6 heteroatoms. The number of rotatable bonds is 3. The predicted octanol–water partition coefficient (Wildman–Crippen LogP) is 0.807. The van der Waals surface area contributed by atoms with Crippen LogP contribution in [0.2, 0.25) is 0 Å². The molecule has 1 heterocycles. The van der Waals surface area contributed by atoms with Gasteiger partial charge in [0.15, 0.2) is 5.82 Å². The molecule has 0 saturated heterocycles. The van der Waals surface area contributed by atoms with Crippen LogP contribution in [0, 0.1) is 6.92 Å². The van der Waals surface area contributed by atoms with Crippen molar-refractivity contribution in [3.8, 4) is 0 Å². The van der Waals surface area contributed by atoms with E-state index in [2.05, 4.69) is 15.5 Å². The van der Waals surface area contributed by atoms with Gasteiger partial charge >= 0.3 is 0 Å². The molecule has 17 heavy (non-hydrogen) atoms. The molecular formula is C11H13N5O. The van der Waals surface area contributed by atoms with Gasteiger partial charge < -0.3 is 11.1 Å². The van der Waals surface area contributed by atoms with Gasteiger partial charge in [0.1, 0.15) is 6.54 Å². The second-order valence-electron chi connectivity index (χ2n) is 3.71. The lowest BCUT2D eigenvalue weighted by atomic mass is 10.2. The molecule has 2 aromatic rings. The number of carbonyl (C=O) groups excluding carboxylic acids is 1. The van der Waals surface area contributed by atoms with E-state index in [0.717, 1.165) is 11.3 Å². The van der Waals surface area contributed by atoms with Gasteiger partial charge in [0.25, 0.3) is 0 Å². The van der Waals surface area contributed by atoms with Gasteiger partial charge in [0.05, 0.1) is 6.20 Å². The quantitative estimate of drug-likeness (QED) is 0.818. The Labute approximate surface area is 98.4 Å². The smallest absolute Gasteiger partial charge is 0.247 e. The third-order valence-corrected chi connectivity index (χ3v) is 2.17. The monoisotopic (exact) mass is 231 g/mol. The molecule has 1 amide bonds. The third-order valence-electron chi connectivity index (χ3n) is 2.17. The Morgan fingerprint density at radius 3 is 2.71 bits per heavy atom. The van der Waals surface area contributed by atoms with Gasteiger partial charge in [-0.25, -0.2) is 0 Å². The Morgan fingerprint density at radius 1 is 1.41 bits per heavy atom. The number of amides is 1. The van der Waals surface area contributed by atoms with Gasteiger partial charge in [-0.15, -0.1) is 5.10 Å². The summed E-state index contributed by atoms with van der Waals surface area (Å²) in [5, 5.41) is 10.4. The number of nitrogens with zero attached hydrogens (tertiary/aromatic N) is 3. The lowest BCUT2D eigenvalue weighted by Gasteiger charge is -2.04. The van der Waals surface area contributed by atoms with Crippen molar-refractivity contribution in [1.29, 1.82) is 0 Å². The maximum Gasteiger partial charge on any atom is 0.247 e. The zero-order valence-electron chi connectivity index (χ0n) is 9.42. The first-order valence-electron chi connectivity index (χ1n) is 5.15. The molecule has 0 bridgehead atoms. The number of aromatic nitrogens is 3. The first-order chi connectivity index (χ1) is 8.13. The summed E-state index contributed by atoms with van der Waals surface area (Å²) < 4.78 is 0. The molecule has 0 fully saturated rings. The number of aryl methyl sites for hydroxylation is 1. The predicted molar refractivity (Wildman–Crippen MR) is 64.2 cm³/mol. The first kappa shape index (κ1) is 11.1. The normalized spacial score (nSPS) is 10.2. The molecule has 0 spiro atoms. The molecule has 1 aromatic carbocycles. The zero-order chi connectivity index (χ0) is 12.3. The van der Waals surface area contributed by atoms with Crippen LogP contribution in [0.3, 0.4) is 0 Å². The summed E-state index contributed by atoms with van der Waals surface area (Å²) in [5.74, 6) is 0.109. The van der Waals surface area contributed by atoms with Crippen molar-refractivity contribution < 1.29 is 4.79 Å². The SMILES string of the molecule is Cc1ccc(NC(=O)Cn2ncc(N)n2)cc1. The highest BCUT2D eigenvalue weighted by atomic mass is 16.2. The minimum Gasteiger partial charge on any atom is -0.381 e. The molecular weight excluding hydrogens is 218 g/mol. The molecule has 0 aliphatic rings. The van der Waals surface area contributed by atoms with Crippen LogP contribution in [0.5, 0.6) is 0 Å². The van der Waals surface area contributed by atoms with Crippen LogP contribution in [0.1, 0.15) is 5.56 Å². The van der Waals surface area contributed by atoms with Crippen LogP contribution in [0.4, 0.5) is 11.5 Å². The number of nitrogen functional groups attached to an aromatic ring is 1. The highest BCUT2D eigenvalue weighted by molar-refractivity contribution is 5.90. The summed E-state index contributed by atoms with van der Waals surface area (Å²) in [7, 11) is 0. The van der Waals surface area contributed by atoms with Crippen LogP contribution in [-0.4, -0.2) is 20.9 Å². The van der Waals surface area contributed by atoms with Gasteiger partial charge in [-0.2, -0.15) is 9.90 Å². The van der Waals surface area contributed by atoms with Crippen molar-refractivity contribution in [3.63, 3.8) is 0 Å². The Hall–Kier alpha value is -2.37. The van der Waals surface area contributed by atoms with E-state index in [1.54, 1.807) is 0 Å². The molecule has 0 saturated carbocycles. The van der Waals surface area contributed by atoms with Crippen molar-refractivity contribution in [3.05, 3.63) is 36.0 Å². The molecule has 1 aromatic heterocycles. The van der Waals surface area contributed by atoms with E-state index >= 15 is 0 Å². The van der Waals surface area contributed by atoms with Gasteiger partial charge in [-0.1, -0.05) is 17.7 Å². The summed E-state index contributed by atoms with van der Waals surface area (Å²) in [6.07, 6.45) is 1.40. The van der Waals surface area contributed by atoms with Crippen molar-refractivity contribution in [2.45, 2.75) is 13.5 Å². The molecule has 0 atom stereocenters. The van der Waals surface area contributed by atoms with Gasteiger partial charge in [0.2, 0.25) is 5.91 Å². The Balaban J connectivity index is 1.95. The second kappa shape index (κ2) is 4.65. The summed E-state index contributed by atoms with van der Waals surface area (Å²) in [6, 6.07) is 7.55. The average Bonchev–Trinajstić information content (AvgIpc) is 2.67. The number of hydrogen-bond donors (Lipinski definition) is 2. The minimum absolute atomic E-state index is 0.0467. The van der Waals surface area contributed by atoms with Crippen LogP contribution in [-0.2, 0) is 11.3 Å². The average molecular weight is 231 g/mol. The van der Waals surface area contributed by atoms with Gasteiger partial charge in [-0.3, -0.25) is 4.79 Å². The summed E-state index contributed by atoms with van der Waals surface area (Å²) in [6.45, 7) is 2.03. The Bertz CT molecular complexity index is 517. The van der Waals surface area contributed by atoms with E-state index in [4.69, 9.17) is 5.73 Å². The lowest BCUT2D eigenvalue weighted by molar-refractivity contribution is -0.117. The van der Waals surface area contributed by atoms with Crippen LogP contribution in [0.15, 0.2) is 30.5 Å². The van der Waals surface area contributed by atoms with Gasteiger partial charge in [-0.05, 0) is 19.1 Å². The molecule has 2 rings (SSSR count). The Kier molecular flexibility index (Phi) is 3.04. The number of hydrogen-bond acceptors (Lipinski definition) is 4. The summed E-state index contributed by atoms with van der Waals surface area (Å²) in [4.78, 5) is 12.9. The van der Waals surface area contributed by atoms with E-state index in [1.807, 2.05) is 31.2 Å². The number of benzene rings is 1. The van der Waals surface area contributed by atoms with E-state index < -0.39 is 0 Å². The highest BCUT2D eigenvalue weighted by Gasteiger charge is 2.05. The number of carbonyl (C=O) groups is 1. The Morgan fingerprint density at radius 2 is 2.12 bits per heavy atom. The topological polar surface area (TPSA) is 85.8 Å². The van der Waals surface area contributed by atoms with Gasteiger partial charge in [0, 0.05) is 5.69 Å².